The molecule has 5 aromatic rings. The lowest BCUT2D eigenvalue weighted by atomic mass is 9.71. The van der Waals surface area contributed by atoms with E-state index in [1.807, 2.05) is 0 Å². The Labute approximate surface area is 367 Å². The summed E-state index contributed by atoms with van der Waals surface area (Å²) in [4.78, 5) is 11.3. The first kappa shape index (κ1) is 38.9. The first-order valence-corrected chi connectivity index (χ1v) is 22.8. The van der Waals surface area contributed by atoms with Crippen LogP contribution in [0.2, 0.25) is 0 Å². The van der Waals surface area contributed by atoms with Crippen LogP contribution in [0.15, 0.2) is 172 Å². The van der Waals surface area contributed by atoms with Crippen LogP contribution in [0.3, 0.4) is 0 Å². The summed E-state index contributed by atoms with van der Waals surface area (Å²) in [6.07, 6.45) is 23.5. The zero-order valence-electron chi connectivity index (χ0n) is 36.7. The molecule has 12 rings (SSSR count). The Balaban J connectivity index is 1.13. The van der Waals surface area contributed by atoms with Gasteiger partial charge in [-0.2, -0.15) is 0 Å². The maximum atomic E-state index is 5.66. The van der Waals surface area contributed by atoms with Crippen molar-refractivity contribution in [3.63, 3.8) is 0 Å². The third kappa shape index (κ3) is 6.64. The van der Waals surface area contributed by atoms with E-state index in [-0.39, 0.29) is 40.9 Å². The van der Waals surface area contributed by atoms with Gasteiger partial charge in [0.15, 0.2) is 0 Å². The van der Waals surface area contributed by atoms with E-state index < -0.39 is 0 Å². The van der Waals surface area contributed by atoms with Gasteiger partial charge in [-0.1, -0.05) is 174 Å². The third-order valence-corrected chi connectivity index (χ3v) is 14.5. The molecule has 2 N–H and O–H groups in total. The summed E-state index contributed by atoms with van der Waals surface area (Å²) < 4.78 is 2.52. The summed E-state index contributed by atoms with van der Waals surface area (Å²) in [6, 6.07) is 38.3. The van der Waals surface area contributed by atoms with Crippen molar-refractivity contribution in [2.45, 2.75) is 102 Å². The van der Waals surface area contributed by atoms with Gasteiger partial charge in [0.1, 0.15) is 24.0 Å². The van der Waals surface area contributed by atoms with E-state index in [0.717, 1.165) is 49.3 Å². The molecule has 1 aromatic heterocycles. The third-order valence-electron chi connectivity index (χ3n) is 14.5. The van der Waals surface area contributed by atoms with Crippen LogP contribution < -0.4 is 10.6 Å². The Morgan fingerprint density at radius 3 is 2.31 bits per heavy atom. The van der Waals surface area contributed by atoms with Crippen LogP contribution in [-0.4, -0.2) is 22.8 Å². The molecule has 0 fully saturated rings. The molecule has 5 atom stereocenters. The van der Waals surface area contributed by atoms with Crippen molar-refractivity contribution >= 4 is 34.9 Å². The minimum absolute atomic E-state index is 0.0163. The number of amidine groups is 1. The fraction of sp³-hybridized carbons (Fsp3) is 0.298. The Hall–Kier alpha value is -6.04. The highest BCUT2D eigenvalue weighted by atomic mass is 15.3. The molecule has 0 amide bonds. The number of fused-ring (bicyclic) bond motifs is 2. The Morgan fingerprint density at radius 2 is 1.55 bits per heavy atom. The molecule has 4 aromatic carbocycles. The first-order valence-electron chi connectivity index (χ1n) is 22.8. The highest BCUT2D eigenvalue weighted by Crippen LogP contribution is 2.48. The van der Waals surface area contributed by atoms with Crippen LogP contribution in [0.5, 0.6) is 0 Å². The van der Waals surface area contributed by atoms with Crippen LogP contribution in [0, 0.1) is 5.92 Å². The number of nitrogens with zero attached hydrogens (tertiary/aromatic N) is 3. The van der Waals surface area contributed by atoms with Gasteiger partial charge < -0.3 is 5.32 Å². The van der Waals surface area contributed by atoms with E-state index in [4.69, 9.17) is 9.98 Å². The molecule has 3 aliphatic carbocycles. The van der Waals surface area contributed by atoms with Gasteiger partial charge in [-0.3, -0.25) is 9.88 Å². The monoisotopic (exact) mass is 811 g/mol. The van der Waals surface area contributed by atoms with Gasteiger partial charge in [-0.05, 0) is 88.6 Å². The maximum absolute atomic E-state index is 5.66. The normalized spacial score (nSPS) is 25.0. The zero-order chi connectivity index (χ0) is 42.2. The highest BCUT2D eigenvalue weighted by Gasteiger charge is 2.39. The Morgan fingerprint density at radius 1 is 0.790 bits per heavy atom. The summed E-state index contributed by atoms with van der Waals surface area (Å²) in [5.74, 6) is 2.43. The summed E-state index contributed by atoms with van der Waals surface area (Å²) in [5, 5.41) is 9.36. The number of aromatic nitrogens is 1. The SMILES string of the molecule is CC(C)(C)c1ccc2c(c1)c1c3n2C2=C(CC(C4=CC(c5ccccc5)C(c5ccccc5)C=C4)C=N2)C2=NC(C4=CCCC=C4)NC(N2)c2ccccc2C(C)(C)C(=C1)CC3. The highest BCUT2D eigenvalue weighted by molar-refractivity contribution is 6.07. The van der Waals surface area contributed by atoms with E-state index in [1.165, 1.54) is 66.7 Å². The zero-order valence-corrected chi connectivity index (χ0v) is 36.7. The number of nitrogens with one attached hydrogen (secondary N) is 2. The molecule has 5 nitrogen and oxygen atoms in total. The van der Waals surface area contributed by atoms with Crippen LogP contribution >= 0.6 is 0 Å². The van der Waals surface area contributed by atoms with Gasteiger partial charge in [0.05, 0.1) is 5.52 Å². The van der Waals surface area contributed by atoms with Crippen molar-refractivity contribution in [3.8, 4) is 0 Å². The molecular weight excluding hydrogens is 755 g/mol. The molecule has 7 aliphatic rings. The molecule has 0 spiro atoms. The van der Waals surface area contributed by atoms with Gasteiger partial charge in [-0.15, -0.1) is 0 Å². The fourth-order valence-corrected chi connectivity index (χ4v) is 11.0. The topological polar surface area (TPSA) is 53.7 Å². The van der Waals surface area contributed by atoms with Crippen molar-refractivity contribution in [3.05, 3.63) is 201 Å². The quantitative estimate of drug-likeness (QED) is 0.190. The van der Waals surface area contributed by atoms with E-state index in [0.29, 0.717) is 0 Å². The van der Waals surface area contributed by atoms with Crippen LogP contribution in [-0.2, 0) is 17.3 Å². The number of aliphatic imine (C=N–C) groups is 2. The number of allylic oxidation sites excluding steroid dienone is 7. The lowest BCUT2D eigenvalue weighted by Crippen LogP contribution is -2.50. The molecule has 5 heterocycles. The maximum Gasteiger partial charge on any atom is 0.143 e. The standard InChI is InChI=1S/C57H57N5/c1-56(2,3)41-26-29-50-46(33-41)47-34-42-27-30-51(47)62(50)55-48(54-60-52(38-21-13-8-14-22-38)59-53(61-54)44-23-15-16-24-49(44)57(42,4)5)32-40(35-58-55)39-25-28-43(36-17-9-6-10-18-36)45(31-39)37-19-11-7-12-20-37/h6-7,9-13,15-26,28-29,31,33-35,40,43,45,52-53,59H,8,14,27,30,32H2,1-5H3,(H,60,61). The minimum Gasteiger partial charge on any atom is -0.351 e. The van der Waals surface area contributed by atoms with Crippen LogP contribution in [0.25, 0.3) is 22.8 Å². The van der Waals surface area contributed by atoms with Gasteiger partial charge in [0.25, 0.3) is 0 Å². The number of hydrogen-bond acceptors (Lipinski definition) is 4. The molecule has 0 saturated heterocycles. The van der Waals surface area contributed by atoms with Crippen molar-refractivity contribution < 1.29 is 0 Å². The lowest BCUT2D eigenvalue weighted by Gasteiger charge is -2.38. The summed E-state index contributed by atoms with van der Waals surface area (Å²) in [6.45, 7) is 11.8. The Kier molecular flexibility index (Phi) is 9.46. The largest absolute Gasteiger partial charge is 0.351 e. The van der Waals surface area contributed by atoms with Gasteiger partial charge in [-0.25, -0.2) is 9.98 Å². The second-order valence-corrected chi connectivity index (χ2v) is 19.7. The second kappa shape index (κ2) is 15.1. The number of rotatable bonds is 4. The van der Waals surface area contributed by atoms with Gasteiger partial charge >= 0.3 is 0 Å². The summed E-state index contributed by atoms with van der Waals surface area (Å²) >= 11 is 0. The van der Waals surface area contributed by atoms with Crippen LogP contribution in [0.4, 0.5) is 0 Å². The average molecular weight is 812 g/mol. The van der Waals surface area contributed by atoms with Crippen molar-refractivity contribution in [1.82, 2.24) is 15.2 Å². The smallest absolute Gasteiger partial charge is 0.143 e. The van der Waals surface area contributed by atoms with E-state index >= 15 is 0 Å². The molecular formula is C57H57N5. The average Bonchev–Trinajstić information content (AvgIpc) is 3.64. The van der Waals surface area contributed by atoms with Crippen molar-refractivity contribution in [2.75, 3.05) is 0 Å². The predicted molar refractivity (Wildman–Crippen MR) is 259 cm³/mol. The number of hydrogen-bond donors (Lipinski definition) is 2. The van der Waals surface area contributed by atoms with E-state index in [9.17, 15) is 0 Å². The number of benzene rings is 4. The molecule has 5 heteroatoms. The second-order valence-electron chi connectivity index (χ2n) is 19.7. The molecule has 0 saturated carbocycles. The molecule has 0 radical (unpaired) electrons. The first-order chi connectivity index (χ1) is 30.1. The molecule has 5 unspecified atom stereocenters. The van der Waals surface area contributed by atoms with Gasteiger partial charge in [0.2, 0.25) is 0 Å². The van der Waals surface area contributed by atoms with E-state index in [2.05, 4.69) is 202 Å². The molecule has 6 bridgehead atoms. The molecule has 4 aliphatic heterocycles. The van der Waals surface area contributed by atoms with Crippen molar-refractivity contribution in [1.29, 1.82) is 0 Å². The lowest BCUT2D eigenvalue weighted by molar-refractivity contribution is 0.424. The van der Waals surface area contributed by atoms with Crippen LogP contribution in [0.1, 0.15) is 117 Å². The Bertz CT molecular complexity index is 2850. The fourth-order valence-electron chi connectivity index (χ4n) is 11.0. The molecule has 62 heavy (non-hydrogen) atoms. The summed E-state index contributed by atoms with van der Waals surface area (Å²) in [7, 11) is 0. The van der Waals surface area contributed by atoms with Gasteiger partial charge in [0, 0.05) is 51.6 Å². The minimum atomic E-state index is -0.209. The van der Waals surface area contributed by atoms with E-state index in [1.54, 1.807) is 0 Å². The van der Waals surface area contributed by atoms with Crippen molar-refractivity contribution in [2.24, 2.45) is 15.9 Å². The summed E-state index contributed by atoms with van der Waals surface area (Å²) in [5.41, 5.74) is 15.5. The predicted octanol–water partition coefficient (Wildman–Crippen LogP) is 12.8. The molecule has 310 valence electrons.